The second kappa shape index (κ2) is 10.5. The average Bonchev–Trinajstić information content (AvgIpc) is 3.63. The van der Waals surface area contributed by atoms with Gasteiger partial charge in [0.2, 0.25) is 11.8 Å². The minimum Gasteiger partial charge on any atom is -0.368 e. The number of nitrogens with zero attached hydrogens (tertiary/aromatic N) is 1. The van der Waals surface area contributed by atoms with E-state index in [0.29, 0.717) is 9.90 Å². The molecular weight excluding hydrogens is 512 g/mol. The highest BCUT2D eigenvalue weighted by molar-refractivity contribution is 7.12. The van der Waals surface area contributed by atoms with Crippen molar-refractivity contribution in [3.8, 4) is 0 Å². The van der Waals surface area contributed by atoms with E-state index in [1.165, 1.54) is 22.7 Å². The molecule has 36 heavy (non-hydrogen) atoms. The number of carbonyl (C=O) groups excluding carboxylic acids is 3. The zero-order valence-electron chi connectivity index (χ0n) is 20.1. The van der Waals surface area contributed by atoms with Crippen molar-refractivity contribution < 1.29 is 14.4 Å². The van der Waals surface area contributed by atoms with Crippen LogP contribution in [-0.2, 0) is 9.59 Å². The number of rotatable bonds is 6. The van der Waals surface area contributed by atoms with Crippen LogP contribution in [0.25, 0.3) is 0 Å². The van der Waals surface area contributed by atoms with Crippen LogP contribution in [0.1, 0.15) is 69.7 Å². The Balaban J connectivity index is 1.72. The van der Waals surface area contributed by atoms with Gasteiger partial charge in [0.1, 0.15) is 6.04 Å². The first-order valence-corrected chi connectivity index (χ1v) is 14.5. The summed E-state index contributed by atoms with van der Waals surface area (Å²) in [6.45, 7) is 2.00. The lowest BCUT2D eigenvalue weighted by Crippen LogP contribution is -2.49. The lowest BCUT2D eigenvalue weighted by atomic mass is 9.78. The van der Waals surface area contributed by atoms with Crippen LogP contribution >= 0.6 is 34.3 Å². The van der Waals surface area contributed by atoms with Crippen molar-refractivity contribution in [1.82, 2.24) is 4.90 Å². The molecule has 2 aliphatic rings. The van der Waals surface area contributed by atoms with Crippen LogP contribution in [0.4, 0.5) is 0 Å². The molecule has 5 rings (SSSR count). The highest BCUT2D eigenvalue weighted by Crippen LogP contribution is 2.54. The van der Waals surface area contributed by atoms with Gasteiger partial charge in [-0.2, -0.15) is 0 Å². The second-order valence-electron chi connectivity index (χ2n) is 9.79. The van der Waals surface area contributed by atoms with Crippen molar-refractivity contribution in [3.05, 3.63) is 79.1 Å². The molecule has 188 valence electrons. The predicted molar refractivity (Wildman–Crippen MR) is 145 cm³/mol. The number of carbonyl (C=O) groups is 3. The molecule has 1 aromatic carbocycles. The molecule has 4 atom stereocenters. The average molecular weight is 541 g/mol. The summed E-state index contributed by atoms with van der Waals surface area (Å²) in [6.07, 6.45) is 4.69. The third kappa shape index (κ3) is 4.53. The largest absolute Gasteiger partial charge is 0.368 e. The quantitative estimate of drug-likeness (QED) is 0.369. The predicted octanol–water partition coefficient (Wildman–Crippen LogP) is 6.37. The topological polar surface area (TPSA) is 80.5 Å². The van der Waals surface area contributed by atoms with E-state index in [9.17, 15) is 14.4 Å². The van der Waals surface area contributed by atoms with Crippen LogP contribution in [0.2, 0.25) is 5.02 Å². The van der Waals surface area contributed by atoms with E-state index in [0.717, 1.165) is 48.1 Å². The molecule has 3 heterocycles. The molecule has 4 unspecified atom stereocenters. The summed E-state index contributed by atoms with van der Waals surface area (Å²) < 4.78 is 0. The van der Waals surface area contributed by atoms with E-state index in [4.69, 9.17) is 17.3 Å². The Labute approximate surface area is 224 Å². The van der Waals surface area contributed by atoms with Crippen molar-refractivity contribution in [1.29, 1.82) is 0 Å². The molecule has 1 aliphatic heterocycles. The normalized spacial score (nSPS) is 24.7. The first-order chi connectivity index (χ1) is 17.4. The van der Waals surface area contributed by atoms with Crippen molar-refractivity contribution in [3.63, 3.8) is 0 Å². The number of benzene rings is 1. The summed E-state index contributed by atoms with van der Waals surface area (Å²) in [5, 5.41) is 4.42. The molecule has 1 saturated carbocycles. The monoisotopic (exact) mass is 540 g/mol. The van der Waals surface area contributed by atoms with Crippen LogP contribution in [0.5, 0.6) is 0 Å². The second-order valence-corrected chi connectivity index (χ2v) is 12.1. The molecule has 8 heteroatoms. The smallest absolute Gasteiger partial charge is 0.240 e. The van der Waals surface area contributed by atoms with Gasteiger partial charge in [0.05, 0.1) is 16.8 Å². The van der Waals surface area contributed by atoms with Gasteiger partial charge in [0.25, 0.3) is 0 Å². The fourth-order valence-corrected chi connectivity index (χ4v) is 7.91. The van der Waals surface area contributed by atoms with E-state index in [2.05, 4.69) is 0 Å². The number of ketones is 1. The Hall–Kier alpha value is -2.48. The number of hydrogen-bond acceptors (Lipinski definition) is 5. The van der Waals surface area contributed by atoms with Gasteiger partial charge >= 0.3 is 0 Å². The highest BCUT2D eigenvalue weighted by atomic mass is 35.5. The summed E-state index contributed by atoms with van der Waals surface area (Å²) in [5.41, 5.74) is 7.88. The van der Waals surface area contributed by atoms with Crippen LogP contribution in [0, 0.1) is 18.8 Å². The van der Waals surface area contributed by atoms with Gasteiger partial charge in [-0.1, -0.05) is 49.1 Å². The third-order valence-corrected chi connectivity index (χ3v) is 9.88. The van der Waals surface area contributed by atoms with Crippen molar-refractivity contribution in [2.75, 3.05) is 0 Å². The Morgan fingerprint density at radius 3 is 2.28 bits per heavy atom. The maximum atomic E-state index is 14.2. The molecule has 2 N–H and O–H groups in total. The molecule has 1 saturated heterocycles. The summed E-state index contributed by atoms with van der Waals surface area (Å²) in [7, 11) is 0. The number of likely N-dealkylation sites (tertiary alicyclic amines) is 1. The number of halogens is 1. The molecule has 0 spiro atoms. The third-order valence-electron chi connectivity index (χ3n) is 7.66. The fourth-order valence-electron chi connectivity index (χ4n) is 6.00. The van der Waals surface area contributed by atoms with Crippen molar-refractivity contribution in [2.45, 2.75) is 57.0 Å². The molecule has 2 fully saturated rings. The Kier molecular flexibility index (Phi) is 7.33. The van der Waals surface area contributed by atoms with E-state index in [1.807, 2.05) is 48.0 Å². The van der Waals surface area contributed by atoms with E-state index in [1.54, 1.807) is 17.0 Å². The number of Topliss-reactive ketones (excluding diaryl/α,β-unsaturated/α-hetero) is 1. The first-order valence-electron chi connectivity index (χ1n) is 12.4. The van der Waals surface area contributed by atoms with E-state index < -0.39 is 29.8 Å². The van der Waals surface area contributed by atoms with Crippen LogP contribution in [0.3, 0.4) is 0 Å². The van der Waals surface area contributed by atoms with E-state index >= 15 is 0 Å². The van der Waals surface area contributed by atoms with Gasteiger partial charge < -0.3 is 10.6 Å². The van der Waals surface area contributed by atoms with Crippen LogP contribution < -0.4 is 5.73 Å². The Morgan fingerprint density at radius 2 is 1.69 bits per heavy atom. The zero-order chi connectivity index (χ0) is 25.4. The number of aryl methyl sites for hydroxylation is 1. The molecule has 2 aromatic heterocycles. The lowest BCUT2D eigenvalue weighted by Gasteiger charge is -2.34. The Bertz CT molecular complexity index is 1250. The van der Waals surface area contributed by atoms with Gasteiger partial charge in [-0.05, 0) is 65.9 Å². The van der Waals surface area contributed by atoms with Crippen molar-refractivity contribution >= 4 is 51.9 Å². The van der Waals surface area contributed by atoms with E-state index in [-0.39, 0.29) is 17.6 Å². The number of hydrogen-bond donors (Lipinski definition) is 1. The van der Waals surface area contributed by atoms with Crippen molar-refractivity contribution in [2.24, 2.45) is 17.6 Å². The molecule has 0 radical (unpaired) electrons. The molecule has 5 nitrogen and oxygen atoms in total. The van der Waals surface area contributed by atoms with Gasteiger partial charge in [0.15, 0.2) is 5.78 Å². The lowest BCUT2D eigenvalue weighted by molar-refractivity contribution is -0.144. The minimum atomic E-state index is -0.930. The molecular formula is C28H29ClN2O3S2. The minimum absolute atomic E-state index is 0.0586. The van der Waals surface area contributed by atoms with Gasteiger partial charge in [-0.15, -0.1) is 22.7 Å². The number of thiophene rings is 2. The Morgan fingerprint density at radius 1 is 0.972 bits per heavy atom. The zero-order valence-corrected chi connectivity index (χ0v) is 22.5. The summed E-state index contributed by atoms with van der Waals surface area (Å²) in [6, 6.07) is 11.4. The number of nitrogens with two attached hydrogens (primary N) is 1. The maximum Gasteiger partial charge on any atom is 0.240 e. The maximum absolute atomic E-state index is 14.2. The van der Waals surface area contributed by atoms with Gasteiger partial charge in [-0.25, -0.2) is 0 Å². The summed E-state index contributed by atoms with van der Waals surface area (Å²) in [4.78, 5) is 44.9. The molecule has 3 aromatic rings. The van der Waals surface area contributed by atoms with Gasteiger partial charge in [-0.3, -0.25) is 14.4 Å². The van der Waals surface area contributed by atoms with Crippen LogP contribution in [0.15, 0.2) is 53.2 Å². The molecule has 0 bridgehead atoms. The standard InChI is InChI=1S/C28H29ClN2O3S2/c1-16-13-15-36-26(16)23-22(25(32)20-8-5-14-35-20)21(17-9-11-19(29)12-10-17)24(27(30)33)31(23)28(34)18-6-3-2-4-7-18/h5,8-15,18,21-24H,2-4,6-7H2,1H3,(H2,30,33). The molecule has 1 aliphatic carbocycles. The van der Waals surface area contributed by atoms with Crippen LogP contribution in [-0.4, -0.2) is 28.5 Å². The summed E-state index contributed by atoms with van der Waals surface area (Å²) >= 11 is 9.10. The number of primary amides is 1. The number of amides is 2. The SMILES string of the molecule is Cc1ccsc1C1C(C(=O)c2cccs2)C(c2ccc(Cl)cc2)C(C(N)=O)N1C(=O)C1CCCCC1. The summed E-state index contributed by atoms with van der Waals surface area (Å²) in [5.74, 6) is -2.09. The first kappa shape index (κ1) is 25.2. The highest BCUT2D eigenvalue weighted by Gasteiger charge is 2.58. The van der Waals surface area contributed by atoms with Gasteiger partial charge in [0, 0.05) is 21.7 Å². The molecule has 2 amide bonds. The fraction of sp³-hybridized carbons (Fsp3) is 0.393.